The Morgan fingerprint density at radius 1 is 1.35 bits per heavy atom. The Hall–Kier alpha value is -1.06. The molecule has 3 nitrogen and oxygen atoms in total. The topological polar surface area (TPSA) is 40.7 Å². The van der Waals surface area contributed by atoms with Gasteiger partial charge in [0.15, 0.2) is 0 Å². The van der Waals surface area contributed by atoms with Crippen molar-refractivity contribution in [2.75, 3.05) is 6.54 Å². The van der Waals surface area contributed by atoms with Crippen LogP contribution in [0.4, 0.5) is 0 Å². The van der Waals surface area contributed by atoms with E-state index in [1.54, 1.807) is 0 Å². The van der Waals surface area contributed by atoms with Crippen molar-refractivity contribution in [1.82, 2.24) is 15.3 Å². The summed E-state index contributed by atoms with van der Waals surface area (Å²) in [5.41, 5.74) is 3.50. The molecule has 2 atom stereocenters. The second kappa shape index (κ2) is 4.67. The van der Waals surface area contributed by atoms with E-state index < -0.39 is 0 Å². The summed E-state index contributed by atoms with van der Waals surface area (Å²) in [7, 11) is 0. The van der Waals surface area contributed by atoms with E-state index in [1.165, 1.54) is 12.0 Å². The van der Waals surface area contributed by atoms with E-state index in [9.17, 15) is 0 Å². The molecule has 92 valence electrons. The van der Waals surface area contributed by atoms with E-state index in [1.807, 2.05) is 0 Å². The fourth-order valence-electron chi connectivity index (χ4n) is 2.54. The maximum Gasteiger partial charge on any atom is 0.124 e. The average Bonchev–Trinajstić information content (AvgIpc) is 2.84. The highest BCUT2D eigenvalue weighted by atomic mass is 35.5. The SMILES string of the molecule is Cc1cccc2[nH]c([C@H]3NCC[C@@H]3C)nc12.Cl. The first-order valence-corrected chi connectivity index (χ1v) is 5.94. The molecular formula is C13H18ClN3. The standard InChI is InChI=1S/C13H17N3.ClH/c1-8-4-3-5-10-11(8)16-13(15-10)12-9(2)6-7-14-12;/h3-5,9,12,14H,6-7H2,1-2H3,(H,15,16);1H/t9-,12-;/m0./s1. The molecule has 0 radical (unpaired) electrons. The first-order valence-electron chi connectivity index (χ1n) is 5.94. The van der Waals surface area contributed by atoms with Crippen molar-refractivity contribution >= 4 is 23.4 Å². The van der Waals surface area contributed by atoms with Crippen molar-refractivity contribution in [2.45, 2.75) is 26.3 Å². The third-order valence-electron chi connectivity index (χ3n) is 3.56. The smallest absolute Gasteiger partial charge is 0.124 e. The Bertz CT molecular complexity index is 520. The molecule has 2 N–H and O–H groups in total. The number of imidazole rings is 1. The average molecular weight is 252 g/mol. The lowest BCUT2D eigenvalue weighted by atomic mass is 10.0. The van der Waals surface area contributed by atoms with Crippen molar-refractivity contribution in [3.8, 4) is 0 Å². The van der Waals surface area contributed by atoms with Crippen LogP contribution in [-0.4, -0.2) is 16.5 Å². The highest BCUT2D eigenvalue weighted by Crippen LogP contribution is 2.29. The largest absolute Gasteiger partial charge is 0.341 e. The van der Waals surface area contributed by atoms with Crippen molar-refractivity contribution in [2.24, 2.45) is 5.92 Å². The summed E-state index contributed by atoms with van der Waals surface area (Å²) in [5.74, 6) is 1.76. The molecule has 0 bridgehead atoms. The predicted octanol–water partition coefficient (Wildman–Crippen LogP) is 2.96. The Kier molecular flexibility index (Phi) is 3.40. The van der Waals surface area contributed by atoms with Crippen molar-refractivity contribution in [3.05, 3.63) is 29.6 Å². The maximum atomic E-state index is 4.73. The molecule has 1 aliphatic rings. The molecule has 2 aromatic rings. The van der Waals surface area contributed by atoms with Crippen LogP contribution in [0.3, 0.4) is 0 Å². The third-order valence-corrected chi connectivity index (χ3v) is 3.56. The third kappa shape index (κ3) is 2.05. The maximum absolute atomic E-state index is 4.73. The Labute approximate surface area is 107 Å². The van der Waals surface area contributed by atoms with E-state index >= 15 is 0 Å². The summed E-state index contributed by atoms with van der Waals surface area (Å²) in [6.07, 6.45) is 1.24. The van der Waals surface area contributed by atoms with Crippen molar-refractivity contribution in [1.29, 1.82) is 0 Å². The van der Waals surface area contributed by atoms with Crippen LogP contribution in [0.25, 0.3) is 11.0 Å². The fraction of sp³-hybridized carbons (Fsp3) is 0.462. The number of benzene rings is 1. The number of rotatable bonds is 1. The van der Waals surface area contributed by atoms with Crippen LogP contribution >= 0.6 is 12.4 Å². The summed E-state index contributed by atoms with van der Waals surface area (Å²) < 4.78 is 0. The molecule has 1 fully saturated rings. The summed E-state index contributed by atoms with van der Waals surface area (Å²) >= 11 is 0. The minimum atomic E-state index is 0. The van der Waals surface area contributed by atoms with E-state index in [4.69, 9.17) is 4.98 Å². The van der Waals surface area contributed by atoms with Crippen molar-refractivity contribution < 1.29 is 0 Å². The number of para-hydroxylation sites is 1. The lowest BCUT2D eigenvalue weighted by Crippen LogP contribution is -2.17. The summed E-state index contributed by atoms with van der Waals surface area (Å²) in [5, 5.41) is 3.51. The van der Waals surface area contributed by atoms with Gasteiger partial charge in [-0.3, -0.25) is 0 Å². The molecule has 0 unspecified atom stereocenters. The highest BCUT2D eigenvalue weighted by molar-refractivity contribution is 5.85. The van der Waals surface area contributed by atoms with Crippen LogP contribution in [0.15, 0.2) is 18.2 Å². The monoisotopic (exact) mass is 251 g/mol. The van der Waals surface area contributed by atoms with E-state index in [2.05, 4.69) is 42.3 Å². The molecule has 3 rings (SSSR count). The van der Waals surface area contributed by atoms with Crippen molar-refractivity contribution in [3.63, 3.8) is 0 Å². The van der Waals surface area contributed by atoms with Gasteiger partial charge >= 0.3 is 0 Å². The molecule has 1 aromatic carbocycles. The molecule has 0 amide bonds. The number of H-pyrrole nitrogens is 1. The van der Waals surface area contributed by atoms with E-state index in [0.717, 1.165) is 23.4 Å². The van der Waals surface area contributed by atoms with Gasteiger partial charge in [-0.1, -0.05) is 19.1 Å². The molecule has 0 aliphatic carbocycles. The van der Waals surface area contributed by atoms with Gasteiger partial charge in [0.25, 0.3) is 0 Å². The number of halogens is 1. The normalized spacial score (nSPS) is 23.9. The number of fused-ring (bicyclic) bond motifs is 1. The van der Waals surface area contributed by atoms with Gasteiger partial charge in [-0.15, -0.1) is 12.4 Å². The number of hydrogen-bond donors (Lipinski definition) is 2. The number of aromatic amines is 1. The second-order valence-electron chi connectivity index (χ2n) is 4.79. The number of hydrogen-bond acceptors (Lipinski definition) is 2. The number of aromatic nitrogens is 2. The van der Waals surface area contributed by atoms with Crippen LogP contribution < -0.4 is 5.32 Å². The van der Waals surface area contributed by atoms with Gasteiger partial charge in [-0.05, 0) is 37.4 Å². The van der Waals surface area contributed by atoms with Crippen LogP contribution in [0.2, 0.25) is 0 Å². The number of nitrogens with one attached hydrogen (secondary N) is 2. The first-order chi connectivity index (χ1) is 7.75. The molecule has 17 heavy (non-hydrogen) atoms. The predicted molar refractivity (Wildman–Crippen MR) is 72.6 cm³/mol. The molecule has 1 aliphatic heterocycles. The van der Waals surface area contributed by atoms with Gasteiger partial charge in [0.05, 0.1) is 17.1 Å². The summed E-state index contributed by atoms with van der Waals surface area (Å²) in [6.45, 7) is 5.49. The Morgan fingerprint density at radius 3 is 2.82 bits per heavy atom. The zero-order chi connectivity index (χ0) is 11.1. The van der Waals surface area contributed by atoms with Gasteiger partial charge in [0.1, 0.15) is 5.82 Å². The molecule has 2 heterocycles. The Morgan fingerprint density at radius 2 is 2.18 bits per heavy atom. The van der Waals surface area contributed by atoms with E-state index in [-0.39, 0.29) is 12.4 Å². The highest BCUT2D eigenvalue weighted by Gasteiger charge is 2.26. The molecule has 4 heteroatoms. The van der Waals surface area contributed by atoms with Crippen LogP contribution in [0.5, 0.6) is 0 Å². The first kappa shape index (κ1) is 12.4. The minimum absolute atomic E-state index is 0. The number of aryl methyl sites for hydroxylation is 1. The fourth-order valence-corrected chi connectivity index (χ4v) is 2.54. The summed E-state index contributed by atoms with van der Waals surface area (Å²) in [4.78, 5) is 8.16. The lowest BCUT2D eigenvalue weighted by Gasteiger charge is -2.11. The van der Waals surface area contributed by atoms with Gasteiger partial charge in [0.2, 0.25) is 0 Å². The van der Waals surface area contributed by atoms with Gasteiger partial charge < -0.3 is 10.3 Å². The van der Waals surface area contributed by atoms with Crippen LogP contribution in [0.1, 0.15) is 30.8 Å². The molecule has 0 spiro atoms. The van der Waals surface area contributed by atoms with Crippen LogP contribution in [-0.2, 0) is 0 Å². The second-order valence-corrected chi connectivity index (χ2v) is 4.79. The zero-order valence-corrected chi connectivity index (χ0v) is 11.0. The minimum Gasteiger partial charge on any atom is -0.341 e. The Balaban J connectivity index is 0.00000108. The molecule has 0 saturated carbocycles. The van der Waals surface area contributed by atoms with Gasteiger partial charge in [-0.25, -0.2) is 4.98 Å². The van der Waals surface area contributed by atoms with Gasteiger partial charge in [0, 0.05) is 0 Å². The number of nitrogens with zero attached hydrogens (tertiary/aromatic N) is 1. The molecular weight excluding hydrogens is 234 g/mol. The van der Waals surface area contributed by atoms with Gasteiger partial charge in [-0.2, -0.15) is 0 Å². The van der Waals surface area contributed by atoms with E-state index in [0.29, 0.717) is 12.0 Å². The zero-order valence-electron chi connectivity index (χ0n) is 10.2. The molecule has 1 aromatic heterocycles. The van der Waals surface area contributed by atoms with Crippen LogP contribution in [0, 0.1) is 12.8 Å². The molecule has 1 saturated heterocycles. The lowest BCUT2D eigenvalue weighted by molar-refractivity contribution is 0.484. The quantitative estimate of drug-likeness (QED) is 0.818. The summed E-state index contributed by atoms with van der Waals surface area (Å²) in [6, 6.07) is 6.67.